The van der Waals surface area contributed by atoms with E-state index in [0.29, 0.717) is 22.3 Å². The smallest absolute Gasteiger partial charge is 0.158 e. The summed E-state index contributed by atoms with van der Waals surface area (Å²) in [6.45, 7) is 0. The van der Waals surface area contributed by atoms with Crippen LogP contribution in [-0.2, 0) is 11.2 Å². The van der Waals surface area contributed by atoms with E-state index >= 15 is 0 Å². The highest BCUT2D eigenvalue weighted by atomic mass is 35.5. The molecule has 0 aliphatic heterocycles. The molecule has 33 heavy (non-hydrogen) atoms. The average molecular weight is 473 g/mol. The molecule has 4 aromatic rings. The molecule has 164 valence electrons. The molecular weight excluding hydrogens is 451 g/mol. The lowest BCUT2D eigenvalue weighted by Gasteiger charge is -2.30. The van der Waals surface area contributed by atoms with Crippen LogP contribution in [0.3, 0.4) is 0 Å². The second-order valence-electron chi connectivity index (χ2n) is 7.64. The molecule has 4 rings (SSSR count). The van der Waals surface area contributed by atoms with Gasteiger partial charge >= 0.3 is 0 Å². The van der Waals surface area contributed by atoms with Crippen LogP contribution in [0.4, 0.5) is 0 Å². The maximum Gasteiger partial charge on any atom is 0.158 e. The predicted octanol–water partition coefficient (Wildman–Crippen LogP) is 6.70. The standard InChI is InChI=1S/C29H22Cl2O2/c30-26(28(32,22-13-5-1-6-14-22)23-15-7-2-8-16-23)21-27(31)29(33,24-17-9-3-10-18-24)25-19-11-4-12-20-25/h1-20,32-33H. The summed E-state index contributed by atoms with van der Waals surface area (Å²) >= 11 is 13.5. The molecule has 0 spiro atoms. The fraction of sp³-hybridized carbons (Fsp3) is 0.0690. The number of hydrogen-bond donors (Lipinski definition) is 2. The monoisotopic (exact) mass is 472 g/mol. The zero-order valence-corrected chi connectivity index (χ0v) is 19.2. The number of hydrogen-bond acceptors (Lipinski definition) is 2. The molecule has 0 radical (unpaired) electrons. The molecule has 0 saturated carbocycles. The SMILES string of the molecule is OC(C(Cl)=C=C(Cl)C(O)(c1ccccc1)c1ccccc1)(c1ccccc1)c1ccccc1. The van der Waals surface area contributed by atoms with Crippen molar-refractivity contribution in [1.82, 2.24) is 0 Å². The van der Waals surface area contributed by atoms with Gasteiger partial charge in [0.1, 0.15) is 10.1 Å². The minimum absolute atomic E-state index is 0.0600. The van der Waals surface area contributed by atoms with E-state index in [0.717, 1.165) is 0 Å². The molecule has 4 aromatic carbocycles. The molecular formula is C29H22Cl2O2. The molecule has 2 nitrogen and oxygen atoms in total. The van der Waals surface area contributed by atoms with Crippen LogP contribution in [0.15, 0.2) is 137 Å². The molecule has 0 aromatic heterocycles. The Bertz CT molecular complexity index is 1090. The van der Waals surface area contributed by atoms with Gasteiger partial charge in [-0.2, -0.15) is 0 Å². The zero-order valence-electron chi connectivity index (χ0n) is 17.7. The largest absolute Gasteiger partial charge is 0.374 e. The van der Waals surface area contributed by atoms with Gasteiger partial charge in [-0.15, -0.1) is 0 Å². The molecule has 0 aliphatic rings. The van der Waals surface area contributed by atoms with Crippen molar-refractivity contribution in [2.75, 3.05) is 0 Å². The van der Waals surface area contributed by atoms with Crippen molar-refractivity contribution in [3.63, 3.8) is 0 Å². The van der Waals surface area contributed by atoms with E-state index < -0.39 is 11.2 Å². The van der Waals surface area contributed by atoms with Crippen molar-refractivity contribution >= 4 is 23.2 Å². The maximum atomic E-state index is 11.9. The summed E-state index contributed by atoms with van der Waals surface area (Å²) in [6, 6.07) is 36.3. The van der Waals surface area contributed by atoms with Gasteiger partial charge in [0.2, 0.25) is 0 Å². The van der Waals surface area contributed by atoms with Crippen LogP contribution in [0.2, 0.25) is 0 Å². The Morgan fingerprint density at radius 2 is 0.667 bits per heavy atom. The van der Waals surface area contributed by atoms with E-state index in [9.17, 15) is 10.2 Å². The summed E-state index contributed by atoms with van der Waals surface area (Å²) in [4.78, 5) is 0. The Balaban J connectivity index is 1.98. The molecule has 0 saturated heterocycles. The molecule has 0 fully saturated rings. The van der Waals surface area contributed by atoms with Gasteiger partial charge in [0.05, 0.1) is 0 Å². The minimum atomic E-state index is -1.71. The van der Waals surface area contributed by atoms with Crippen molar-refractivity contribution in [2.24, 2.45) is 0 Å². The normalized spacial score (nSPS) is 11.5. The Labute approximate surface area is 203 Å². The molecule has 2 N–H and O–H groups in total. The number of halogens is 2. The van der Waals surface area contributed by atoms with Gasteiger partial charge in [-0.3, -0.25) is 0 Å². The highest BCUT2D eigenvalue weighted by molar-refractivity contribution is 6.34. The van der Waals surface area contributed by atoms with Crippen LogP contribution in [0.25, 0.3) is 0 Å². The highest BCUT2D eigenvalue weighted by Gasteiger charge is 2.38. The molecule has 0 amide bonds. The second-order valence-corrected chi connectivity index (χ2v) is 8.39. The third kappa shape index (κ3) is 4.41. The van der Waals surface area contributed by atoms with Crippen molar-refractivity contribution in [1.29, 1.82) is 0 Å². The molecule has 0 atom stereocenters. The van der Waals surface area contributed by atoms with Gasteiger partial charge in [-0.05, 0) is 22.3 Å². The van der Waals surface area contributed by atoms with E-state index in [4.69, 9.17) is 23.2 Å². The summed E-state index contributed by atoms with van der Waals surface area (Å²) in [7, 11) is 0. The second kappa shape index (κ2) is 9.80. The van der Waals surface area contributed by atoms with Crippen molar-refractivity contribution in [3.05, 3.63) is 159 Å². The van der Waals surface area contributed by atoms with Gasteiger partial charge in [-0.25, -0.2) is 0 Å². The van der Waals surface area contributed by atoms with Crippen molar-refractivity contribution in [2.45, 2.75) is 11.2 Å². The van der Waals surface area contributed by atoms with Gasteiger partial charge in [0, 0.05) is 0 Å². The van der Waals surface area contributed by atoms with Gasteiger partial charge in [0.25, 0.3) is 0 Å². The van der Waals surface area contributed by atoms with Crippen LogP contribution in [0, 0.1) is 0 Å². The van der Waals surface area contributed by atoms with Crippen LogP contribution >= 0.6 is 23.2 Å². The minimum Gasteiger partial charge on any atom is -0.374 e. The van der Waals surface area contributed by atoms with Crippen LogP contribution in [0.1, 0.15) is 22.3 Å². The number of aliphatic hydroxyl groups is 2. The summed E-state index contributed by atoms with van der Waals surface area (Å²) < 4.78 is 0. The molecule has 0 unspecified atom stereocenters. The third-order valence-electron chi connectivity index (χ3n) is 5.62. The maximum absolute atomic E-state index is 11.9. The topological polar surface area (TPSA) is 40.5 Å². The summed E-state index contributed by atoms with van der Waals surface area (Å²) in [5.74, 6) is 0. The van der Waals surface area contributed by atoms with Crippen LogP contribution in [-0.4, -0.2) is 10.2 Å². The van der Waals surface area contributed by atoms with E-state index in [1.54, 1.807) is 48.5 Å². The first kappa shape index (κ1) is 23.1. The first-order valence-corrected chi connectivity index (χ1v) is 11.2. The lowest BCUT2D eigenvalue weighted by atomic mass is 9.84. The Kier molecular flexibility index (Phi) is 6.85. The lowest BCUT2D eigenvalue weighted by Crippen LogP contribution is -2.29. The average Bonchev–Trinajstić information content (AvgIpc) is 2.89. The molecule has 0 heterocycles. The van der Waals surface area contributed by atoms with E-state index in [2.05, 4.69) is 5.73 Å². The molecule has 0 aliphatic carbocycles. The fourth-order valence-corrected chi connectivity index (χ4v) is 4.51. The summed E-state index contributed by atoms with van der Waals surface area (Å²) in [5.41, 5.74) is 1.73. The Morgan fingerprint density at radius 3 is 0.879 bits per heavy atom. The number of rotatable bonds is 6. The number of benzene rings is 4. The Hall–Kier alpha value is -3.10. The molecule has 4 heteroatoms. The van der Waals surface area contributed by atoms with E-state index in [1.807, 2.05) is 72.8 Å². The third-order valence-corrected chi connectivity index (χ3v) is 6.36. The van der Waals surface area contributed by atoms with Crippen molar-refractivity contribution < 1.29 is 10.2 Å². The van der Waals surface area contributed by atoms with Crippen LogP contribution in [0.5, 0.6) is 0 Å². The quantitative estimate of drug-likeness (QED) is 0.306. The predicted molar refractivity (Wildman–Crippen MR) is 134 cm³/mol. The first-order chi connectivity index (χ1) is 16.0. The lowest BCUT2D eigenvalue weighted by molar-refractivity contribution is 0.125. The summed E-state index contributed by atoms with van der Waals surface area (Å²) in [5, 5.41) is 23.7. The fourth-order valence-electron chi connectivity index (χ4n) is 3.83. The van der Waals surface area contributed by atoms with E-state index in [-0.39, 0.29) is 10.1 Å². The van der Waals surface area contributed by atoms with Crippen LogP contribution < -0.4 is 0 Å². The summed E-state index contributed by atoms with van der Waals surface area (Å²) in [6.07, 6.45) is 0. The van der Waals surface area contributed by atoms with Gasteiger partial charge in [0.15, 0.2) is 11.2 Å². The highest BCUT2D eigenvalue weighted by Crippen LogP contribution is 2.42. The zero-order chi connectivity index (χ0) is 23.3. The Morgan fingerprint density at radius 1 is 0.455 bits per heavy atom. The van der Waals surface area contributed by atoms with Gasteiger partial charge in [-0.1, -0.05) is 150 Å². The van der Waals surface area contributed by atoms with E-state index in [1.165, 1.54) is 0 Å². The molecule has 0 bridgehead atoms. The first-order valence-electron chi connectivity index (χ1n) is 10.5. The van der Waals surface area contributed by atoms with Crippen molar-refractivity contribution in [3.8, 4) is 0 Å². The van der Waals surface area contributed by atoms with Gasteiger partial charge < -0.3 is 10.2 Å².